The minimum Gasteiger partial charge on any atom is -0.444 e. The largest absolute Gasteiger partial charge is 0.444 e. The number of ether oxygens (including phenoxy) is 1. The molecule has 170 valence electrons. The summed E-state index contributed by atoms with van der Waals surface area (Å²) in [6, 6.07) is 7.93. The van der Waals surface area contributed by atoms with E-state index in [4.69, 9.17) is 10.00 Å². The van der Waals surface area contributed by atoms with Crippen molar-refractivity contribution in [3.8, 4) is 17.3 Å². The number of hydrogen-bond donors (Lipinski definition) is 2. The topological polar surface area (TPSA) is 103 Å². The lowest BCUT2D eigenvalue weighted by molar-refractivity contribution is 0.0495. The van der Waals surface area contributed by atoms with E-state index in [0.717, 1.165) is 13.0 Å². The van der Waals surface area contributed by atoms with Crippen LogP contribution in [0.1, 0.15) is 39.7 Å². The van der Waals surface area contributed by atoms with E-state index in [1.807, 2.05) is 26.8 Å². The Hall–Kier alpha value is -3.41. The molecule has 2 aromatic rings. The van der Waals surface area contributed by atoms with E-state index in [-0.39, 0.29) is 11.6 Å². The summed E-state index contributed by atoms with van der Waals surface area (Å²) in [5.41, 5.74) is 0.509. The van der Waals surface area contributed by atoms with Gasteiger partial charge in [0.2, 0.25) is 5.95 Å². The smallest absolute Gasteiger partial charge is 0.407 e. The Kier molecular flexibility index (Phi) is 6.82. The van der Waals surface area contributed by atoms with Crippen molar-refractivity contribution in [2.45, 2.75) is 45.8 Å². The summed E-state index contributed by atoms with van der Waals surface area (Å²) in [5, 5.41) is 14.9. The van der Waals surface area contributed by atoms with Gasteiger partial charge in [-0.25, -0.2) is 14.2 Å². The molecule has 1 saturated heterocycles. The first-order valence-electron chi connectivity index (χ1n) is 10.6. The number of carbonyl (C=O) groups is 1. The third-order valence-electron chi connectivity index (χ3n) is 5.03. The quantitative estimate of drug-likeness (QED) is 0.742. The van der Waals surface area contributed by atoms with Gasteiger partial charge in [-0.2, -0.15) is 10.2 Å². The highest BCUT2D eigenvalue weighted by Gasteiger charge is 2.29. The SMILES string of the molecule is CNc1nc(-c2ccc(C#N)c(F)c2)cc(N2CC(C)CC(NC(=O)OC(C)(C)C)C2)n1. The summed E-state index contributed by atoms with van der Waals surface area (Å²) in [6.07, 6.45) is 0.386. The van der Waals surface area contributed by atoms with Crippen molar-refractivity contribution in [3.05, 3.63) is 35.6 Å². The molecular formula is C23H29FN6O2. The molecule has 0 bridgehead atoms. The van der Waals surface area contributed by atoms with Crippen LogP contribution in [0.3, 0.4) is 0 Å². The Bertz CT molecular complexity index is 1030. The highest BCUT2D eigenvalue weighted by atomic mass is 19.1. The molecule has 1 aromatic heterocycles. The van der Waals surface area contributed by atoms with Crippen molar-refractivity contribution in [3.63, 3.8) is 0 Å². The Morgan fingerprint density at radius 3 is 2.66 bits per heavy atom. The van der Waals surface area contributed by atoms with E-state index in [0.29, 0.717) is 35.5 Å². The number of hydrogen-bond acceptors (Lipinski definition) is 7. The number of alkyl carbamates (subject to hydrolysis) is 1. The number of aromatic nitrogens is 2. The molecule has 0 saturated carbocycles. The Labute approximate surface area is 187 Å². The van der Waals surface area contributed by atoms with Gasteiger partial charge in [0.15, 0.2) is 0 Å². The Balaban J connectivity index is 1.86. The van der Waals surface area contributed by atoms with Crippen molar-refractivity contribution in [2.75, 3.05) is 30.4 Å². The molecule has 1 amide bonds. The number of nitrogens with zero attached hydrogens (tertiary/aromatic N) is 4. The van der Waals surface area contributed by atoms with Crippen LogP contribution in [0.2, 0.25) is 0 Å². The lowest BCUT2D eigenvalue weighted by atomic mass is 9.96. The summed E-state index contributed by atoms with van der Waals surface area (Å²) in [6.45, 7) is 8.92. The minimum atomic E-state index is -0.593. The molecule has 2 heterocycles. The highest BCUT2D eigenvalue weighted by molar-refractivity contribution is 5.69. The van der Waals surface area contributed by atoms with Gasteiger partial charge in [0.05, 0.1) is 17.3 Å². The number of nitriles is 1. The average Bonchev–Trinajstić information content (AvgIpc) is 2.71. The van der Waals surface area contributed by atoms with Crippen molar-refractivity contribution in [2.24, 2.45) is 5.92 Å². The van der Waals surface area contributed by atoms with Gasteiger partial charge < -0.3 is 20.3 Å². The molecule has 2 N–H and O–H groups in total. The lowest BCUT2D eigenvalue weighted by Gasteiger charge is -2.37. The maximum absolute atomic E-state index is 14.2. The fraction of sp³-hybridized carbons (Fsp3) is 0.478. The van der Waals surface area contributed by atoms with Crippen LogP contribution in [0.5, 0.6) is 0 Å². The van der Waals surface area contributed by atoms with Crippen LogP contribution in [0.25, 0.3) is 11.3 Å². The summed E-state index contributed by atoms with van der Waals surface area (Å²) in [5.74, 6) is 0.792. The molecule has 32 heavy (non-hydrogen) atoms. The van der Waals surface area contributed by atoms with Crippen molar-refractivity contribution in [1.82, 2.24) is 15.3 Å². The van der Waals surface area contributed by atoms with Crippen LogP contribution < -0.4 is 15.5 Å². The molecule has 0 radical (unpaired) electrons. The molecular weight excluding hydrogens is 411 g/mol. The third-order valence-corrected chi connectivity index (χ3v) is 5.03. The maximum atomic E-state index is 14.2. The number of halogens is 1. The van der Waals surface area contributed by atoms with E-state index >= 15 is 0 Å². The Morgan fingerprint density at radius 2 is 2.03 bits per heavy atom. The third kappa shape index (κ3) is 5.84. The highest BCUT2D eigenvalue weighted by Crippen LogP contribution is 2.28. The molecule has 1 aliphatic rings. The zero-order valence-electron chi connectivity index (χ0n) is 19.1. The van der Waals surface area contributed by atoms with Crippen LogP contribution >= 0.6 is 0 Å². The molecule has 9 heteroatoms. The molecule has 1 fully saturated rings. The predicted molar refractivity (Wildman–Crippen MR) is 121 cm³/mol. The van der Waals surface area contributed by atoms with Gasteiger partial charge in [-0.3, -0.25) is 0 Å². The van der Waals surface area contributed by atoms with Gasteiger partial charge in [-0.05, 0) is 45.2 Å². The van der Waals surface area contributed by atoms with Crippen molar-refractivity contribution < 1.29 is 13.9 Å². The summed E-state index contributed by atoms with van der Waals surface area (Å²) in [7, 11) is 1.72. The monoisotopic (exact) mass is 440 g/mol. The second-order valence-electron chi connectivity index (χ2n) is 9.08. The predicted octanol–water partition coefficient (Wildman–Crippen LogP) is 3.94. The molecule has 2 atom stereocenters. The standard InChI is InChI=1S/C23H29FN6O2/c1-14-8-17(27-22(31)32-23(2,3)4)13-30(12-14)20-10-19(28-21(26-5)29-20)15-6-7-16(11-25)18(24)9-15/h6-7,9-10,14,17H,8,12-13H2,1-5H3,(H,27,31)(H,26,28,29). The van der Waals surface area contributed by atoms with Gasteiger partial charge in [-0.15, -0.1) is 0 Å². The number of carbonyl (C=O) groups excluding carboxylic acids is 1. The van der Waals surface area contributed by atoms with Gasteiger partial charge in [0.25, 0.3) is 0 Å². The summed E-state index contributed by atoms with van der Waals surface area (Å²) in [4.78, 5) is 23.4. The summed E-state index contributed by atoms with van der Waals surface area (Å²) < 4.78 is 19.6. The fourth-order valence-electron chi connectivity index (χ4n) is 3.74. The number of anilines is 2. The van der Waals surface area contributed by atoms with Crippen LogP contribution in [0.15, 0.2) is 24.3 Å². The maximum Gasteiger partial charge on any atom is 0.407 e. The fourth-order valence-corrected chi connectivity index (χ4v) is 3.74. The van der Waals surface area contributed by atoms with Gasteiger partial charge in [0.1, 0.15) is 23.3 Å². The zero-order chi connectivity index (χ0) is 23.5. The van der Waals surface area contributed by atoms with Crippen molar-refractivity contribution in [1.29, 1.82) is 5.26 Å². The number of nitrogens with one attached hydrogen (secondary N) is 2. The first-order valence-corrected chi connectivity index (χ1v) is 10.6. The van der Waals surface area contributed by atoms with Gasteiger partial charge >= 0.3 is 6.09 Å². The summed E-state index contributed by atoms with van der Waals surface area (Å²) >= 11 is 0. The van der Waals surface area contributed by atoms with E-state index < -0.39 is 17.5 Å². The number of rotatable bonds is 4. The van der Waals surface area contributed by atoms with Crippen molar-refractivity contribution >= 4 is 17.9 Å². The zero-order valence-corrected chi connectivity index (χ0v) is 19.1. The van der Waals surface area contributed by atoms with Crippen LogP contribution in [-0.4, -0.2) is 47.8 Å². The second-order valence-corrected chi connectivity index (χ2v) is 9.08. The molecule has 3 rings (SSSR count). The number of piperidine rings is 1. The van der Waals surface area contributed by atoms with E-state index in [2.05, 4.69) is 32.4 Å². The Morgan fingerprint density at radius 1 is 1.28 bits per heavy atom. The first-order chi connectivity index (χ1) is 15.1. The normalized spacial score (nSPS) is 18.6. The second kappa shape index (κ2) is 9.39. The van der Waals surface area contributed by atoms with Crippen LogP contribution in [0, 0.1) is 23.1 Å². The van der Waals surface area contributed by atoms with Crippen LogP contribution in [-0.2, 0) is 4.74 Å². The first kappa shape index (κ1) is 23.3. The minimum absolute atomic E-state index is 0.0159. The molecule has 0 spiro atoms. The van der Waals surface area contributed by atoms with E-state index in [1.165, 1.54) is 12.1 Å². The molecule has 1 aliphatic heterocycles. The van der Waals surface area contributed by atoms with Gasteiger partial charge in [-0.1, -0.05) is 13.0 Å². The molecule has 0 aliphatic carbocycles. The average molecular weight is 441 g/mol. The van der Waals surface area contributed by atoms with E-state index in [9.17, 15) is 9.18 Å². The number of amides is 1. The van der Waals surface area contributed by atoms with E-state index in [1.54, 1.807) is 19.2 Å². The number of benzene rings is 1. The molecule has 2 unspecified atom stereocenters. The van der Waals surface area contributed by atoms with Crippen LogP contribution in [0.4, 0.5) is 21.0 Å². The molecule has 1 aromatic carbocycles. The van der Waals surface area contributed by atoms with Gasteiger partial charge in [0, 0.05) is 31.8 Å². The lowest BCUT2D eigenvalue weighted by Crippen LogP contribution is -2.51. The molecule has 8 nitrogen and oxygen atoms in total.